The number of rotatable bonds is 46. The summed E-state index contributed by atoms with van der Waals surface area (Å²) >= 11 is 0. The molecule has 0 aliphatic heterocycles. The highest BCUT2D eigenvalue weighted by molar-refractivity contribution is 7.47. The molecule has 0 amide bonds. The Labute approximate surface area is 401 Å². The van der Waals surface area contributed by atoms with Crippen LogP contribution in [0.4, 0.5) is 0 Å². The van der Waals surface area contributed by atoms with Gasteiger partial charge in [0.25, 0.3) is 0 Å². The largest absolute Gasteiger partial charge is 0.472 e. The standard InChI is InChI=1S/C52H99O13P/c1-3-5-7-9-11-13-15-17-19-21-22-23-24-25-27-29-31-33-35-37-39-41-46(54)64-44(43-63-66(60,61)65-52-50(58)48(56)47(55)49(57)51(52)59)42-62-45(53)40-38-36-34-32-30-28-26-20-18-16-14-12-10-8-6-4-2/h21-22,44,47-52,55-59H,3-20,23-43H2,1-2H3,(H,60,61)/b22-21-. The van der Waals surface area contributed by atoms with Crippen molar-refractivity contribution < 1.29 is 63.1 Å². The van der Waals surface area contributed by atoms with Crippen LogP contribution in [-0.4, -0.2) is 98.3 Å². The van der Waals surface area contributed by atoms with Crippen molar-refractivity contribution in [3.05, 3.63) is 12.2 Å². The Morgan fingerprint density at radius 2 is 0.773 bits per heavy atom. The summed E-state index contributed by atoms with van der Waals surface area (Å²) in [6.45, 7) is 3.35. The van der Waals surface area contributed by atoms with Crippen molar-refractivity contribution in [3.63, 3.8) is 0 Å². The third-order valence-corrected chi connectivity index (χ3v) is 13.8. The molecule has 0 heterocycles. The van der Waals surface area contributed by atoms with Crippen molar-refractivity contribution in [1.82, 2.24) is 0 Å². The average molecular weight is 963 g/mol. The molecule has 1 aliphatic carbocycles. The molecule has 13 nitrogen and oxygen atoms in total. The highest BCUT2D eigenvalue weighted by atomic mass is 31.2. The van der Waals surface area contributed by atoms with Gasteiger partial charge in [-0.05, 0) is 38.5 Å². The molecule has 0 aromatic carbocycles. The van der Waals surface area contributed by atoms with Gasteiger partial charge in [0.2, 0.25) is 0 Å². The second-order valence-corrected chi connectivity index (χ2v) is 20.5. The van der Waals surface area contributed by atoms with Gasteiger partial charge in [-0.2, -0.15) is 0 Å². The molecule has 6 unspecified atom stereocenters. The number of aliphatic hydroxyl groups is 5. The molecule has 390 valence electrons. The summed E-state index contributed by atoms with van der Waals surface area (Å²) in [5.74, 6) is -1.09. The quantitative estimate of drug-likeness (QED) is 0.0145. The molecular weight excluding hydrogens is 864 g/mol. The molecule has 1 rings (SSSR count). The van der Waals surface area contributed by atoms with Crippen LogP contribution < -0.4 is 0 Å². The maximum atomic E-state index is 12.9. The Morgan fingerprint density at radius 3 is 1.15 bits per heavy atom. The first kappa shape index (κ1) is 62.6. The SMILES string of the molecule is CCCCCCCCCC/C=C\CCCCCCCCCCCC(=O)OC(COC(=O)CCCCCCCCCCCCCCCCCC)COP(=O)(O)OC1C(O)C(O)C(O)C(O)C1O. The Kier molecular flexibility index (Phi) is 40.3. The van der Waals surface area contributed by atoms with Crippen LogP contribution in [0.15, 0.2) is 12.2 Å². The number of ether oxygens (including phenoxy) is 2. The van der Waals surface area contributed by atoms with Gasteiger partial charge in [-0.25, -0.2) is 4.57 Å². The van der Waals surface area contributed by atoms with Gasteiger partial charge < -0.3 is 39.9 Å². The molecule has 14 heteroatoms. The van der Waals surface area contributed by atoms with E-state index in [1.165, 1.54) is 161 Å². The van der Waals surface area contributed by atoms with E-state index in [9.17, 15) is 44.6 Å². The van der Waals surface area contributed by atoms with E-state index in [1.807, 2.05) is 0 Å². The molecule has 1 aliphatic rings. The van der Waals surface area contributed by atoms with Crippen molar-refractivity contribution in [3.8, 4) is 0 Å². The molecule has 0 aromatic heterocycles. The van der Waals surface area contributed by atoms with E-state index in [-0.39, 0.29) is 12.8 Å². The van der Waals surface area contributed by atoms with Crippen molar-refractivity contribution in [2.24, 2.45) is 0 Å². The highest BCUT2D eigenvalue weighted by Crippen LogP contribution is 2.47. The molecule has 0 spiro atoms. The molecule has 0 saturated heterocycles. The van der Waals surface area contributed by atoms with E-state index in [0.717, 1.165) is 51.4 Å². The van der Waals surface area contributed by atoms with Crippen molar-refractivity contribution in [2.45, 2.75) is 294 Å². The summed E-state index contributed by atoms with van der Waals surface area (Å²) in [7, 11) is -5.12. The monoisotopic (exact) mass is 963 g/mol. The molecule has 6 atom stereocenters. The van der Waals surface area contributed by atoms with Gasteiger partial charge in [-0.15, -0.1) is 0 Å². The summed E-state index contributed by atoms with van der Waals surface area (Å²) in [4.78, 5) is 35.9. The number of phosphoric ester groups is 1. The molecular formula is C52H99O13P. The zero-order chi connectivity index (χ0) is 48.5. The van der Waals surface area contributed by atoms with Crippen LogP contribution in [0, 0.1) is 0 Å². The second kappa shape index (κ2) is 42.5. The minimum Gasteiger partial charge on any atom is -0.462 e. The summed E-state index contributed by atoms with van der Waals surface area (Å²) in [6, 6.07) is 0. The average Bonchev–Trinajstić information content (AvgIpc) is 3.30. The lowest BCUT2D eigenvalue weighted by Crippen LogP contribution is -2.64. The minimum atomic E-state index is -5.12. The fourth-order valence-electron chi connectivity index (χ4n) is 8.52. The fraction of sp³-hybridized carbons (Fsp3) is 0.923. The predicted octanol–water partition coefficient (Wildman–Crippen LogP) is 11.8. The molecule has 0 aromatic rings. The van der Waals surface area contributed by atoms with Gasteiger partial charge in [-0.3, -0.25) is 18.6 Å². The smallest absolute Gasteiger partial charge is 0.462 e. The number of phosphoric acid groups is 1. The Morgan fingerprint density at radius 1 is 0.455 bits per heavy atom. The van der Waals surface area contributed by atoms with Crippen LogP contribution in [0.1, 0.15) is 251 Å². The van der Waals surface area contributed by atoms with Crippen molar-refractivity contribution in [2.75, 3.05) is 13.2 Å². The topological polar surface area (TPSA) is 210 Å². The number of unbranched alkanes of at least 4 members (excludes halogenated alkanes) is 32. The molecule has 0 bridgehead atoms. The van der Waals surface area contributed by atoms with Gasteiger partial charge in [0.1, 0.15) is 43.2 Å². The van der Waals surface area contributed by atoms with Crippen LogP contribution >= 0.6 is 7.82 Å². The maximum absolute atomic E-state index is 12.9. The summed E-state index contributed by atoms with van der Waals surface area (Å²) < 4.78 is 33.7. The maximum Gasteiger partial charge on any atom is 0.472 e. The summed E-state index contributed by atoms with van der Waals surface area (Å²) in [5, 5.41) is 50.3. The highest BCUT2D eigenvalue weighted by Gasteiger charge is 2.51. The van der Waals surface area contributed by atoms with E-state index >= 15 is 0 Å². The first-order chi connectivity index (χ1) is 31.9. The second-order valence-electron chi connectivity index (χ2n) is 19.1. The van der Waals surface area contributed by atoms with Crippen LogP contribution in [0.5, 0.6) is 0 Å². The lowest BCUT2D eigenvalue weighted by molar-refractivity contribution is -0.220. The Bertz CT molecular complexity index is 1200. The number of allylic oxidation sites excluding steroid dienone is 2. The first-order valence-corrected chi connectivity index (χ1v) is 28.5. The number of carbonyl (C=O) groups excluding carboxylic acids is 2. The molecule has 1 fully saturated rings. The third kappa shape index (κ3) is 34.0. The molecule has 0 radical (unpaired) electrons. The van der Waals surface area contributed by atoms with Crippen LogP contribution in [0.2, 0.25) is 0 Å². The lowest BCUT2D eigenvalue weighted by atomic mass is 9.85. The number of carbonyl (C=O) groups is 2. The van der Waals surface area contributed by atoms with E-state index in [2.05, 4.69) is 26.0 Å². The first-order valence-electron chi connectivity index (χ1n) is 27.0. The van der Waals surface area contributed by atoms with E-state index in [1.54, 1.807) is 0 Å². The van der Waals surface area contributed by atoms with Gasteiger partial charge in [0.05, 0.1) is 6.61 Å². The zero-order valence-corrected chi connectivity index (χ0v) is 42.7. The lowest BCUT2D eigenvalue weighted by Gasteiger charge is -2.41. The summed E-state index contributed by atoms with van der Waals surface area (Å²) in [5.41, 5.74) is 0. The van der Waals surface area contributed by atoms with Gasteiger partial charge in [0.15, 0.2) is 6.10 Å². The van der Waals surface area contributed by atoms with Gasteiger partial charge in [0, 0.05) is 12.8 Å². The van der Waals surface area contributed by atoms with Crippen LogP contribution in [-0.2, 0) is 32.7 Å². The Hall–Kier alpha value is -1.41. The van der Waals surface area contributed by atoms with Gasteiger partial charge in [-0.1, -0.05) is 212 Å². The van der Waals surface area contributed by atoms with Gasteiger partial charge >= 0.3 is 19.8 Å². The van der Waals surface area contributed by atoms with Crippen molar-refractivity contribution in [1.29, 1.82) is 0 Å². The molecule has 6 N–H and O–H groups in total. The van der Waals surface area contributed by atoms with E-state index in [0.29, 0.717) is 12.8 Å². The molecule has 66 heavy (non-hydrogen) atoms. The zero-order valence-electron chi connectivity index (χ0n) is 41.8. The third-order valence-electron chi connectivity index (χ3n) is 12.9. The Balaban J connectivity index is 2.36. The van der Waals surface area contributed by atoms with Crippen LogP contribution in [0.25, 0.3) is 0 Å². The number of aliphatic hydroxyl groups excluding tert-OH is 5. The molecule has 1 saturated carbocycles. The van der Waals surface area contributed by atoms with E-state index in [4.69, 9.17) is 18.5 Å². The predicted molar refractivity (Wildman–Crippen MR) is 263 cm³/mol. The number of esters is 2. The van der Waals surface area contributed by atoms with E-state index < -0.39 is 75.7 Å². The number of hydrogen-bond acceptors (Lipinski definition) is 12. The minimum absolute atomic E-state index is 0.0993. The fourth-order valence-corrected chi connectivity index (χ4v) is 9.49. The number of hydrogen-bond donors (Lipinski definition) is 6. The van der Waals surface area contributed by atoms with Crippen molar-refractivity contribution >= 4 is 19.8 Å². The summed E-state index contributed by atoms with van der Waals surface area (Å²) in [6.07, 6.45) is 34.0. The normalized spacial score (nSPS) is 21.3. The van der Waals surface area contributed by atoms with Crippen LogP contribution in [0.3, 0.4) is 0 Å².